The van der Waals surface area contributed by atoms with E-state index in [0.717, 1.165) is 31.1 Å². The Morgan fingerprint density at radius 3 is 2.94 bits per heavy atom. The highest BCUT2D eigenvalue weighted by atomic mass is 16.2. The minimum absolute atomic E-state index is 0.206. The molecule has 0 spiro atoms. The normalized spacial score (nSPS) is 19.8. The molecule has 2 aliphatic heterocycles. The van der Waals surface area contributed by atoms with Gasteiger partial charge < -0.3 is 10.2 Å². The van der Waals surface area contributed by atoms with Crippen LogP contribution in [0.4, 0.5) is 5.69 Å². The molecule has 1 aromatic carbocycles. The molecule has 0 aromatic heterocycles. The first-order valence-corrected chi connectivity index (χ1v) is 5.83. The highest BCUT2D eigenvalue weighted by Crippen LogP contribution is 2.29. The first kappa shape index (κ1) is 9.85. The standard InChI is InChI=1S/C13H16N2O/c1-15-12-3-2-9(4-10-7-14-8-10)5-11(12)6-13(15)16/h2-3,5,10,14H,4,6-8H2,1H3. The number of anilines is 1. The molecular weight excluding hydrogens is 200 g/mol. The van der Waals surface area contributed by atoms with Crippen molar-refractivity contribution in [3.8, 4) is 0 Å². The summed E-state index contributed by atoms with van der Waals surface area (Å²) in [5.41, 5.74) is 3.64. The third kappa shape index (κ3) is 1.52. The predicted octanol–water partition coefficient (Wildman–Crippen LogP) is 0.967. The quantitative estimate of drug-likeness (QED) is 0.799. The summed E-state index contributed by atoms with van der Waals surface area (Å²) in [5, 5.41) is 3.29. The second-order valence-corrected chi connectivity index (χ2v) is 4.82. The molecule has 0 radical (unpaired) electrons. The molecule has 3 heteroatoms. The number of nitrogens with zero attached hydrogens (tertiary/aromatic N) is 1. The first-order chi connectivity index (χ1) is 7.74. The van der Waals surface area contributed by atoms with Gasteiger partial charge >= 0.3 is 0 Å². The van der Waals surface area contributed by atoms with Crippen LogP contribution in [0.25, 0.3) is 0 Å². The molecule has 0 atom stereocenters. The van der Waals surface area contributed by atoms with Gasteiger partial charge in [-0.05, 0) is 42.6 Å². The number of likely N-dealkylation sites (N-methyl/N-ethyl adjacent to an activating group) is 1. The van der Waals surface area contributed by atoms with Crippen molar-refractivity contribution < 1.29 is 4.79 Å². The minimum atomic E-state index is 0.206. The van der Waals surface area contributed by atoms with Gasteiger partial charge in [0.2, 0.25) is 5.91 Å². The van der Waals surface area contributed by atoms with Gasteiger partial charge in [0.15, 0.2) is 0 Å². The highest BCUT2D eigenvalue weighted by molar-refractivity contribution is 6.00. The average Bonchev–Trinajstić information content (AvgIpc) is 2.49. The lowest BCUT2D eigenvalue weighted by atomic mass is 9.93. The fourth-order valence-corrected chi connectivity index (χ4v) is 2.48. The number of amides is 1. The number of hydrogen-bond acceptors (Lipinski definition) is 2. The van der Waals surface area contributed by atoms with Gasteiger partial charge in [-0.3, -0.25) is 4.79 Å². The van der Waals surface area contributed by atoms with Gasteiger partial charge in [0, 0.05) is 12.7 Å². The monoisotopic (exact) mass is 216 g/mol. The molecule has 2 aliphatic rings. The Hall–Kier alpha value is -1.35. The number of benzene rings is 1. The summed E-state index contributed by atoms with van der Waals surface area (Å²) in [6.07, 6.45) is 1.71. The molecule has 1 aromatic rings. The van der Waals surface area contributed by atoms with Crippen LogP contribution in [-0.2, 0) is 17.6 Å². The Labute approximate surface area is 95.4 Å². The maximum absolute atomic E-state index is 11.5. The van der Waals surface area contributed by atoms with E-state index in [1.807, 2.05) is 7.05 Å². The van der Waals surface area contributed by atoms with Crippen molar-refractivity contribution in [3.05, 3.63) is 29.3 Å². The number of rotatable bonds is 2. The van der Waals surface area contributed by atoms with Crippen LogP contribution in [-0.4, -0.2) is 26.0 Å². The molecule has 0 unspecified atom stereocenters. The molecule has 0 aliphatic carbocycles. The van der Waals surface area contributed by atoms with E-state index < -0.39 is 0 Å². The van der Waals surface area contributed by atoms with E-state index in [0.29, 0.717) is 6.42 Å². The Morgan fingerprint density at radius 2 is 2.25 bits per heavy atom. The van der Waals surface area contributed by atoms with E-state index in [4.69, 9.17) is 0 Å². The SMILES string of the molecule is CN1C(=O)Cc2cc(CC3CNC3)ccc21. The summed E-state index contributed by atoms with van der Waals surface area (Å²) in [6.45, 7) is 2.27. The van der Waals surface area contributed by atoms with Crippen LogP contribution in [0.5, 0.6) is 0 Å². The fourth-order valence-electron chi connectivity index (χ4n) is 2.48. The van der Waals surface area contributed by atoms with E-state index in [1.165, 1.54) is 11.1 Å². The lowest BCUT2D eigenvalue weighted by molar-refractivity contribution is -0.117. The summed E-state index contributed by atoms with van der Waals surface area (Å²) in [6, 6.07) is 6.45. The first-order valence-electron chi connectivity index (χ1n) is 5.83. The van der Waals surface area contributed by atoms with E-state index >= 15 is 0 Å². The van der Waals surface area contributed by atoms with Crippen LogP contribution in [0.1, 0.15) is 11.1 Å². The maximum Gasteiger partial charge on any atom is 0.231 e. The second-order valence-electron chi connectivity index (χ2n) is 4.82. The maximum atomic E-state index is 11.5. The van der Waals surface area contributed by atoms with E-state index in [9.17, 15) is 4.79 Å². The van der Waals surface area contributed by atoms with Crippen LogP contribution in [0.15, 0.2) is 18.2 Å². The Balaban J connectivity index is 1.83. The Kier molecular flexibility index (Phi) is 2.21. The molecule has 2 heterocycles. The van der Waals surface area contributed by atoms with Gasteiger partial charge in [-0.25, -0.2) is 0 Å². The Morgan fingerprint density at radius 1 is 1.44 bits per heavy atom. The molecule has 0 saturated carbocycles. The summed E-state index contributed by atoms with van der Waals surface area (Å²) in [7, 11) is 1.85. The fraction of sp³-hybridized carbons (Fsp3) is 0.462. The third-order valence-corrected chi connectivity index (χ3v) is 3.61. The van der Waals surface area contributed by atoms with Gasteiger partial charge in [0.05, 0.1) is 6.42 Å². The zero-order chi connectivity index (χ0) is 11.1. The van der Waals surface area contributed by atoms with Crippen LogP contribution in [0.2, 0.25) is 0 Å². The molecule has 3 nitrogen and oxygen atoms in total. The minimum Gasteiger partial charge on any atom is -0.316 e. The molecule has 1 saturated heterocycles. The van der Waals surface area contributed by atoms with Crippen molar-refractivity contribution in [2.24, 2.45) is 5.92 Å². The Bertz CT molecular complexity index is 438. The lowest BCUT2D eigenvalue weighted by Gasteiger charge is -2.27. The number of fused-ring (bicyclic) bond motifs is 1. The number of nitrogens with one attached hydrogen (secondary N) is 1. The van der Waals surface area contributed by atoms with Gasteiger partial charge in [-0.15, -0.1) is 0 Å². The molecule has 16 heavy (non-hydrogen) atoms. The summed E-state index contributed by atoms with van der Waals surface area (Å²) in [4.78, 5) is 13.3. The van der Waals surface area contributed by atoms with Crippen LogP contribution >= 0.6 is 0 Å². The molecule has 3 rings (SSSR count). The van der Waals surface area contributed by atoms with Crippen molar-refractivity contribution in [3.63, 3.8) is 0 Å². The number of carbonyl (C=O) groups excluding carboxylic acids is 1. The molecule has 1 N–H and O–H groups in total. The summed E-state index contributed by atoms with van der Waals surface area (Å²) >= 11 is 0. The lowest BCUT2D eigenvalue weighted by Crippen LogP contribution is -2.43. The molecule has 1 fully saturated rings. The molecule has 84 valence electrons. The van der Waals surface area contributed by atoms with Crippen LogP contribution in [0, 0.1) is 5.92 Å². The average molecular weight is 216 g/mol. The molecule has 1 amide bonds. The van der Waals surface area contributed by atoms with Crippen LogP contribution in [0.3, 0.4) is 0 Å². The summed E-state index contributed by atoms with van der Waals surface area (Å²) < 4.78 is 0. The number of hydrogen-bond donors (Lipinski definition) is 1. The topological polar surface area (TPSA) is 32.3 Å². The van der Waals surface area contributed by atoms with Gasteiger partial charge in [-0.2, -0.15) is 0 Å². The van der Waals surface area contributed by atoms with Crippen molar-refractivity contribution in [1.29, 1.82) is 0 Å². The number of carbonyl (C=O) groups is 1. The van der Waals surface area contributed by atoms with Gasteiger partial charge in [0.25, 0.3) is 0 Å². The van der Waals surface area contributed by atoms with Crippen molar-refractivity contribution in [2.45, 2.75) is 12.8 Å². The summed E-state index contributed by atoms with van der Waals surface area (Å²) in [5.74, 6) is 0.991. The van der Waals surface area contributed by atoms with Gasteiger partial charge in [-0.1, -0.05) is 12.1 Å². The predicted molar refractivity (Wildman–Crippen MR) is 63.6 cm³/mol. The van der Waals surface area contributed by atoms with Gasteiger partial charge in [0.1, 0.15) is 0 Å². The van der Waals surface area contributed by atoms with E-state index in [-0.39, 0.29) is 5.91 Å². The van der Waals surface area contributed by atoms with Crippen molar-refractivity contribution in [1.82, 2.24) is 5.32 Å². The van der Waals surface area contributed by atoms with Crippen LogP contribution < -0.4 is 10.2 Å². The molecule has 0 bridgehead atoms. The molecular formula is C13H16N2O. The smallest absolute Gasteiger partial charge is 0.231 e. The zero-order valence-electron chi connectivity index (χ0n) is 9.49. The van der Waals surface area contributed by atoms with Crippen molar-refractivity contribution >= 4 is 11.6 Å². The second kappa shape index (κ2) is 3.59. The van der Waals surface area contributed by atoms with E-state index in [2.05, 4.69) is 23.5 Å². The van der Waals surface area contributed by atoms with E-state index in [1.54, 1.807) is 4.90 Å². The van der Waals surface area contributed by atoms with Crippen molar-refractivity contribution in [2.75, 3.05) is 25.0 Å². The third-order valence-electron chi connectivity index (χ3n) is 3.61. The largest absolute Gasteiger partial charge is 0.316 e. The zero-order valence-corrected chi connectivity index (χ0v) is 9.49. The highest BCUT2D eigenvalue weighted by Gasteiger charge is 2.24.